The Hall–Kier alpha value is -0.540. The first-order valence-corrected chi connectivity index (χ1v) is 6.46. The zero-order valence-electron chi connectivity index (χ0n) is 10.3. The highest BCUT2D eigenvalue weighted by atomic mass is 35.5. The van der Waals surface area contributed by atoms with Crippen molar-refractivity contribution in [1.82, 2.24) is 14.5 Å². The number of hydrogen-bond donors (Lipinski definition) is 0. The molecule has 1 aromatic heterocycles. The van der Waals surface area contributed by atoms with Crippen molar-refractivity contribution in [3.63, 3.8) is 0 Å². The highest BCUT2D eigenvalue weighted by Gasteiger charge is 2.26. The van der Waals surface area contributed by atoms with Crippen LogP contribution in [0.4, 0.5) is 0 Å². The number of rotatable bonds is 3. The van der Waals surface area contributed by atoms with Crippen LogP contribution in [0.5, 0.6) is 0 Å². The first-order valence-electron chi connectivity index (χ1n) is 6.08. The molecular formula is C12H20ClN3. The molecule has 1 saturated heterocycles. The van der Waals surface area contributed by atoms with Crippen LogP contribution in [0.15, 0.2) is 6.20 Å². The van der Waals surface area contributed by atoms with Gasteiger partial charge in [-0.15, -0.1) is 0 Å². The van der Waals surface area contributed by atoms with Gasteiger partial charge in [0.05, 0.1) is 6.20 Å². The Bertz CT molecular complexity index is 359. The summed E-state index contributed by atoms with van der Waals surface area (Å²) in [4.78, 5) is 6.73. The van der Waals surface area contributed by atoms with E-state index in [2.05, 4.69) is 35.2 Å². The third kappa shape index (κ3) is 2.11. The van der Waals surface area contributed by atoms with Crippen LogP contribution in [-0.4, -0.2) is 34.1 Å². The predicted molar refractivity (Wildman–Crippen MR) is 67.1 cm³/mol. The topological polar surface area (TPSA) is 21.1 Å². The van der Waals surface area contributed by atoms with Crippen molar-refractivity contribution in [1.29, 1.82) is 0 Å². The van der Waals surface area contributed by atoms with Crippen LogP contribution in [-0.2, 0) is 0 Å². The molecule has 1 aliphatic heterocycles. The fourth-order valence-corrected chi connectivity index (χ4v) is 2.87. The van der Waals surface area contributed by atoms with Gasteiger partial charge >= 0.3 is 0 Å². The Morgan fingerprint density at radius 3 is 2.88 bits per heavy atom. The molecular weight excluding hydrogens is 222 g/mol. The second kappa shape index (κ2) is 4.76. The van der Waals surface area contributed by atoms with Gasteiger partial charge in [-0.2, -0.15) is 0 Å². The molecule has 90 valence electrons. The normalized spacial score (nSPS) is 22.2. The van der Waals surface area contributed by atoms with Crippen molar-refractivity contribution in [3.8, 4) is 0 Å². The van der Waals surface area contributed by atoms with Gasteiger partial charge in [0.25, 0.3) is 0 Å². The lowest BCUT2D eigenvalue weighted by molar-refractivity contribution is 0.351. The number of imidazole rings is 1. The van der Waals surface area contributed by atoms with E-state index in [1.165, 1.54) is 18.7 Å². The van der Waals surface area contributed by atoms with E-state index in [4.69, 9.17) is 11.6 Å². The molecule has 1 fully saturated rings. The SMILES string of the molecule is CCN1CCC(c2cnc(Cl)n2C(C)C)C1. The Morgan fingerprint density at radius 1 is 1.56 bits per heavy atom. The number of likely N-dealkylation sites (N-methyl/N-ethyl adjacent to an activating group) is 1. The smallest absolute Gasteiger partial charge is 0.203 e. The van der Waals surface area contributed by atoms with Crippen molar-refractivity contribution in [2.75, 3.05) is 19.6 Å². The molecule has 0 radical (unpaired) electrons. The van der Waals surface area contributed by atoms with Gasteiger partial charge in [-0.05, 0) is 45.0 Å². The maximum Gasteiger partial charge on any atom is 0.203 e. The second-order valence-electron chi connectivity index (χ2n) is 4.79. The molecule has 0 saturated carbocycles. The van der Waals surface area contributed by atoms with Crippen LogP contribution < -0.4 is 0 Å². The molecule has 0 spiro atoms. The summed E-state index contributed by atoms with van der Waals surface area (Å²) in [6.07, 6.45) is 3.18. The minimum Gasteiger partial charge on any atom is -0.316 e. The minimum absolute atomic E-state index is 0.390. The molecule has 1 aromatic rings. The second-order valence-corrected chi connectivity index (χ2v) is 5.13. The van der Waals surface area contributed by atoms with Crippen molar-refractivity contribution >= 4 is 11.6 Å². The molecule has 0 aromatic carbocycles. The summed E-state index contributed by atoms with van der Waals surface area (Å²) < 4.78 is 2.16. The van der Waals surface area contributed by atoms with E-state index in [-0.39, 0.29) is 0 Å². The summed E-state index contributed by atoms with van der Waals surface area (Å²) in [5.74, 6) is 0.599. The lowest BCUT2D eigenvalue weighted by atomic mass is 10.1. The zero-order valence-corrected chi connectivity index (χ0v) is 11.0. The van der Waals surface area contributed by atoms with Crippen molar-refractivity contribution in [2.24, 2.45) is 0 Å². The molecule has 16 heavy (non-hydrogen) atoms. The standard InChI is InChI=1S/C12H20ClN3/c1-4-15-6-5-10(8-15)11-7-14-12(13)16(11)9(2)3/h7,9-10H,4-6,8H2,1-3H3. The summed E-state index contributed by atoms with van der Waals surface area (Å²) >= 11 is 6.13. The van der Waals surface area contributed by atoms with Gasteiger partial charge in [0, 0.05) is 24.2 Å². The quantitative estimate of drug-likeness (QED) is 0.812. The minimum atomic E-state index is 0.390. The fourth-order valence-electron chi connectivity index (χ4n) is 2.52. The van der Waals surface area contributed by atoms with Crippen LogP contribution in [0.25, 0.3) is 0 Å². The number of nitrogens with zero attached hydrogens (tertiary/aromatic N) is 3. The first kappa shape index (κ1) is 11.9. The number of hydrogen-bond acceptors (Lipinski definition) is 2. The van der Waals surface area contributed by atoms with Crippen molar-refractivity contribution in [2.45, 2.75) is 39.2 Å². The van der Waals surface area contributed by atoms with Gasteiger partial charge in [0.15, 0.2) is 0 Å². The number of halogens is 1. The Balaban J connectivity index is 2.21. The summed E-state index contributed by atoms with van der Waals surface area (Å²) in [5, 5.41) is 0.625. The highest BCUT2D eigenvalue weighted by molar-refractivity contribution is 6.28. The third-order valence-electron chi connectivity index (χ3n) is 3.43. The molecule has 1 aliphatic rings. The lowest BCUT2D eigenvalue weighted by Crippen LogP contribution is -2.20. The largest absolute Gasteiger partial charge is 0.316 e. The van der Waals surface area contributed by atoms with Gasteiger partial charge in [0.2, 0.25) is 5.28 Å². The maximum atomic E-state index is 6.13. The molecule has 3 nitrogen and oxygen atoms in total. The van der Waals surface area contributed by atoms with Gasteiger partial charge in [-0.3, -0.25) is 0 Å². The molecule has 2 heterocycles. The molecule has 0 aliphatic carbocycles. The monoisotopic (exact) mass is 241 g/mol. The van der Waals surface area contributed by atoms with Gasteiger partial charge in [0.1, 0.15) is 0 Å². The molecule has 4 heteroatoms. The maximum absolute atomic E-state index is 6.13. The lowest BCUT2D eigenvalue weighted by Gasteiger charge is -2.18. The summed E-state index contributed by atoms with van der Waals surface area (Å²) in [6, 6.07) is 0.390. The summed E-state index contributed by atoms with van der Waals surface area (Å²) in [7, 11) is 0. The molecule has 0 N–H and O–H groups in total. The Morgan fingerprint density at radius 2 is 2.31 bits per heavy atom. The van der Waals surface area contributed by atoms with Crippen LogP contribution >= 0.6 is 11.6 Å². The van der Waals surface area contributed by atoms with E-state index >= 15 is 0 Å². The van der Waals surface area contributed by atoms with E-state index < -0.39 is 0 Å². The van der Waals surface area contributed by atoms with Crippen LogP contribution in [0.3, 0.4) is 0 Å². The van der Waals surface area contributed by atoms with E-state index in [1.807, 2.05) is 6.20 Å². The Kier molecular flexibility index (Phi) is 3.55. The Labute approximate surface area is 102 Å². The highest BCUT2D eigenvalue weighted by Crippen LogP contribution is 2.30. The van der Waals surface area contributed by atoms with E-state index in [0.717, 1.165) is 13.1 Å². The summed E-state index contributed by atoms with van der Waals surface area (Å²) in [6.45, 7) is 10.0. The number of aromatic nitrogens is 2. The molecule has 2 rings (SSSR count). The fraction of sp³-hybridized carbons (Fsp3) is 0.750. The molecule has 1 unspecified atom stereocenters. The number of likely N-dealkylation sites (tertiary alicyclic amines) is 1. The molecule has 0 bridgehead atoms. The van der Waals surface area contributed by atoms with Crippen LogP contribution in [0.1, 0.15) is 44.8 Å². The van der Waals surface area contributed by atoms with Gasteiger partial charge in [-0.25, -0.2) is 4.98 Å². The van der Waals surface area contributed by atoms with Crippen LogP contribution in [0.2, 0.25) is 5.28 Å². The van der Waals surface area contributed by atoms with E-state index in [0.29, 0.717) is 17.2 Å². The van der Waals surface area contributed by atoms with Crippen molar-refractivity contribution in [3.05, 3.63) is 17.2 Å². The average Bonchev–Trinajstić information content (AvgIpc) is 2.82. The van der Waals surface area contributed by atoms with Crippen LogP contribution in [0, 0.1) is 0 Å². The zero-order chi connectivity index (χ0) is 11.7. The first-order chi connectivity index (χ1) is 7.63. The molecule has 0 amide bonds. The molecule has 1 atom stereocenters. The predicted octanol–water partition coefficient (Wildman–Crippen LogP) is 2.93. The van der Waals surface area contributed by atoms with E-state index in [1.54, 1.807) is 0 Å². The third-order valence-corrected chi connectivity index (χ3v) is 3.71. The van der Waals surface area contributed by atoms with Gasteiger partial charge in [-0.1, -0.05) is 6.92 Å². The average molecular weight is 242 g/mol. The van der Waals surface area contributed by atoms with Gasteiger partial charge < -0.3 is 9.47 Å². The van der Waals surface area contributed by atoms with Crippen molar-refractivity contribution < 1.29 is 0 Å². The van der Waals surface area contributed by atoms with E-state index in [9.17, 15) is 0 Å². The summed E-state index contributed by atoms with van der Waals surface area (Å²) in [5.41, 5.74) is 1.30.